The van der Waals surface area contributed by atoms with Crippen molar-refractivity contribution in [3.63, 3.8) is 0 Å². The molecular weight excluding hydrogens is 436 g/mol. The van der Waals surface area contributed by atoms with Crippen molar-refractivity contribution in [3.05, 3.63) is 88.5 Å². The third-order valence-corrected chi connectivity index (χ3v) is 7.08. The van der Waals surface area contributed by atoms with Crippen molar-refractivity contribution in [3.8, 4) is 21.8 Å². The number of nitrogens with one attached hydrogen (secondary N) is 1. The number of hydrogen-bond acceptors (Lipinski definition) is 5. The molecule has 32 heavy (non-hydrogen) atoms. The van der Waals surface area contributed by atoms with E-state index in [1.165, 1.54) is 5.56 Å². The highest BCUT2D eigenvalue weighted by molar-refractivity contribution is 7.15. The number of thiazole rings is 2. The van der Waals surface area contributed by atoms with Crippen LogP contribution in [0.15, 0.2) is 71.6 Å². The zero-order chi connectivity index (χ0) is 21.9. The number of rotatable bonds is 7. The van der Waals surface area contributed by atoms with Gasteiger partial charge in [-0.25, -0.2) is 9.97 Å². The fourth-order valence-electron chi connectivity index (χ4n) is 3.51. The maximum atomic E-state index is 12.5. The van der Waals surface area contributed by atoms with Crippen molar-refractivity contribution in [1.82, 2.24) is 19.7 Å². The summed E-state index contributed by atoms with van der Waals surface area (Å²) in [6.07, 6.45) is 3.06. The lowest BCUT2D eigenvalue weighted by Gasteiger charge is -2.04. The Labute approximate surface area is 194 Å². The molecule has 3 heterocycles. The van der Waals surface area contributed by atoms with Gasteiger partial charge in [0.2, 0.25) is 5.91 Å². The summed E-state index contributed by atoms with van der Waals surface area (Å²) < 4.78 is 2.02. The van der Waals surface area contributed by atoms with Crippen LogP contribution < -0.4 is 5.32 Å². The van der Waals surface area contributed by atoms with Gasteiger partial charge in [-0.2, -0.15) is 0 Å². The van der Waals surface area contributed by atoms with E-state index >= 15 is 0 Å². The summed E-state index contributed by atoms with van der Waals surface area (Å²) in [6, 6.07) is 18.5. The smallest absolute Gasteiger partial charge is 0.225 e. The molecular formula is C25H22N4OS2. The molecule has 5 nitrogen and oxygen atoms in total. The number of aryl methyl sites for hydroxylation is 1. The Morgan fingerprint density at radius 2 is 1.78 bits per heavy atom. The summed E-state index contributed by atoms with van der Waals surface area (Å²) in [6.45, 7) is 2.64. The van der Waals surface area contributed by atoms with Gasteiger partial charge in [0.05, 0.1) is 17.8 Å². The normalized spacial score (nSPS) is 11.2. The van der Waals surface area contributed by atoms with E-state index in [0.717, 1.165) is 44.6 Å². The van der Waals surface area contributed by atoms with Gasteiger partial charge in [-0.3, -0.25) is 9.20 Å². The lowest BCUT2D eigenvalue weighted by atomic mass is 10.1. The second-order valence-corrected chi connectivity index (χ2v) is 9.35. The fourth-order valence-corrected chi connectivity index (χ4v) is 5.25. The summed E-state index contributed by atoms with van der Waals surface area (Å²) in [5, 5.41) is 8.11. The van der Waals surface area contributed by atoms with Crippen molar-refractivity contribution in [2.24, 2.45) is 0 Å². The van der Waals surface area contributed by atoms with E-state index in [-0.39, 0.29) is 5.91 Å². The van der Waals surface area contributed by atoms with Crippen LogP contribution in [0.25, 0.3) is 26.8 Å². The number of amides is 1. The average molecular weight is 459 g/mol. The van der Waals surface area contributed by atoms with Gasteiger partial charge >= 0.3 is 0 Å². The quantitative estimate of drug-likeness (QED) is 0.355. The minimum absolute atomic E-state index is 0.00815. The molecule has 0 fully saturated rings. The number of carbonyl (C=O) groups excluding carboxylic acids is 1. The number of benzene rings is 2. The number of aromatic nitrogens is 3. The van der Waals surface area contributed by atoms with Crippen LogP contribution >= 0.6 is 22.7 Å². The van der Waals surface area contributed by atoms with Gasteiger partial charge in [0.25, 0.3) is 0 Å². The molecule has 0 spiro atoms. The molecule has 0 atom stereocenters. The van der Waals surface area contributed by atoms with E-state index in [1.807, 2.05) is 34.2 Å². The van der Waals surface area contributed by atoms with Crippen LogP contribution in [0.5, 0.6) is 0 Å². The molecule has 0 aliphatic rings. The maximum absolute atomic E-state index is 12.5. The average Bonchev–Trinajstić information content (AvgIpc) is 3.53. The van der Waals surface area contributed by atoms with Gasteiger partial charge in [0.15, 0.2) is 4.96 Å². The molecule has 0 saturated heterocycles. The largest absolute Gasteiger partial charge is 0.355 e. The molecule has 0 aliphatic carbocycles. The van der Waals surface area contributed by atoms with Gasteiger partial charge in [-0.1, -0.05) is 60.2 Å². The lowest BCUT2D eigenvalue weighted by Crippen LogP contribution is -2.27. The van der Waals surface area contributed by atoms with E-state index in [1.54, 1.807) is 22.7 Å². The summed E-state index contributed by atoms with van der Waals surface area (Å²) in [5.41, 5.74) is 6.31. The molecule has 7 heteroatoms. The number of hydrogen-bond donors (Lipinski definition) is 1. The molecule has 0 radical (unpaired) electrons. The predicted molar refractivity (Wildman–Crippen MR) is 131 cm³/mol. The molecule has 0 unspecified atom stereocenters. The van der Waals surface area contributed by atoms with Crippen LogP contribution in [0.4, 0.5) is 0 Å². The summed E-state index contributed by atoms with van der Waals surface area (Å²) in [7, 11) is 0. The van der Waals surface area contributed by atoms with Crippen LogP contribution in [0, 0.1) is 6.92 Å². The van der Waals surface area contributed by atoms with E-state index in [0.29, 0.717) is 13.0 Å². The highest BCUT2D eigenvalue weighted by Crippen LogP contribution is 2.25. The third kappa shape index (κ3) is 4.49. The molecule has 5 aromatic rings. The Morgan fingerprint density at radius 3 is 2.59 bits per heavy atom. The monoisotopic (exact) mass is 458 g/mol. The molecule has 1 N–H and O–H groups in total. The van der Waals surface area contributed by atoms with Crippen molar-refractivity contribution >= 4 is 33.5 Å². The Hall–Kier alpha value is -3.29. The Morgan fingerprint density at radius 1 is 0.969 bits per heavy atom. The topological polar surface area (TPSA) is 59.3 Å². The van der Waals surface area contributed by atoms with Crippen molar-refractivity contribution < 1.29 is 4.79 Å². The number of carbonyl (C=O) groups is 1. The van der Waals surface area contributed by atoms with E-state index in [4.69, 9.17) is 4.98 Å². The molecule has 5 rings (SSSR count). The van der Waals surface area contributed by atoms with Crippen molar-refractivity contribution in [2.75, 3.05) is 6.54 Å². The second kappa shape index (κ2) is 9.06. The minimum atomic E-state index is 0.00815. The van der Waals surface area contributed by atoms with Gasteiger partial charge in [-0.05, 0) is 6.92 Å². The van der Waals surface area contributed by atoms with Crippen LogP contribution in [-0.4, -0.2) is 26.8 Å². The molecule has 3 aromatic heterocycles. The lowest BCUT2D eigenvalue weighted by molar-refractivity contribution is -0.120. The fraction of sp³-hybridized carbons (Fsp3) is 0.160. The predicted octanol–water partition coefficient (Wildman–Crippen LogP) is 5.40. The second-order valence-electron chi connectivity index (χ2n) is 7.66. The first-order chi connectivity index (χ1) is 15.7. The zero-order valence-electron chi connectivity index (χ0n) is 17.6. The maximum Gasteiger partial charge on any atom is 0.225 e. The molecule has 0 saturated carbocycles. The van der Waals surface area contributed by atoms with E-state index in [2.05, 4.69) is 59.0 Å². The highest BCUT2D eigenvalue weighted by Gasteiger charge is 2.13. The van der Waals surface area contributed by atoms with Crippen molar-refractivity contribution in [1.29, 1.82) is 0 Å². The standard InChI is InChI=1S/C25H22N4OS2/c1-17-7-9-18(10-8-17)22-14-29-21(16-32-25(29)28-22)13-23(30)26-12-11-20-15-31-24(27-20)19-5-3-2-4-6-19/h2-10,14-16H,11-13H2,1H3,(H,26,30). The Balaban J connectivity index is 1.18. The van der Waals surface area contributed by atoms with E-state index < -0.39 is 0 Å². The first kappa shape index (κ1) is 20.6. The number of fused-ring (bicyclic) bond motifs is 1. The Kier molecular flexibility index (Phi) is 5.83. The SMILES string of the molecule is Cc1ccc(-c2cn3c(CC(=O)NCCc4csc(-c5ccccc5)n4)csc3n2)cc1. The highest BCUT2D eigenvalue weighted by atomic mass is 32.1. The van der Waals surface area contributed by atoms with Crippen molar-refractivity contribution in [2.45, 2.75) is 19.8 Å². The van der Waals surface area contributed by atoms with Crippen LogP contribution in [0.1, 0.15) is 17.0 Å². The van der Waals surface area contributed by atoms with Crippen LogP contribution in [0.2, 0.25) is 0 Å². The molecule has 1 amide bonds. The summed E-state index contributed by atoms with van der Waals surface area (Å²) in [4.78, 5) is 22.8. The molecule has 0 aliphatic heterocycles. The third-order valence-electron chi connectivity index (χ3n) is 5.25. The van der Waals surface area contributed by atoms with Gasteiger partial charge in [0.1, 0.15) is 5.01 Å². The number of nitrogens with zero attached hydrogens (tertiary/aromatic N) is 3. The van der Waals surface area contributed by atoms with Gasteiger partial charge in [-0.15, -0.1) is 22.7 Å². The van der Waals surface area contributed by atoms with Gasteiger partial charge < -0.3 is 5.32 Å². The Bertz CT molecular complexity index is 1350. The van der Waals surface area contributed by atoms with Crippen LogP contribution in [0.3, 0.4) is 0 Å². The van der Waals surface area contributed by atoms with Gasteiger partial charge in [0, 0.05) is 46.7 Å². The first-order valence-electron chi connectivity index (χ1n) is 10.4. The molecule has 0 bridgehead atoms. The summed E-state index contributed by atoms with van der Waals surface area (Å²) >= 11 is 3.19. The zero-order valence-corrected chi connectivity index (χ0v) is 19.2. The van der Waals surface area contributed by atoms with E-state index in [9.17, 15) is 4.79 Å². The first-order valence-corrected chi connectivity index (χ1v) is 12.2. The summed E-state index contributed by atoms with van der Waals surface area (Å²) in [5.74, 6) is 0.00815. The number of imidazole rings is 1. The molecule has 160 valence electrons. The van der Waals surface area contributed by atoms with Crippen LogP contribution in [-0.2, 0) is 17.6 Å². The molecule has 2 aromatic carbocycles. The minimum Gasteiger partial charge on any atom is -0.355 e.